The summed E-state index contributed by atoms with van der Waals surface area (Å²) >= 11 is 0. The summed E-state index contributed by atoms with van der Waals surface area (Å²) in [6, 6.07) is 10.3. The molecule has 126 heavy (non-hydrogen) atoms. The second-order valence-electron chi connectivity index (χ2n) is 46.9. The molecule has 30 aliphatic rings. The number of ether oxygens (including phenoxy) is 8. The van der Waals surface area contributed by atoms with Gasteiger partial charge in [0.25, 0.3) is 0 Å². The first kappa shape index (κ1) is 103. The molecule has 732 valence electrons. The van der Waals surface area contributed by atoms with E-state index in [9.17, 15) is 0 Å². The van der Waals surface area contributed by atoms with Crippen molar-refractivity contribution in [2.24, 2.45) is 94.7 Å². The molecule has 22 aliphatic heterocycles. The zero-order valence-electron chi connectivity index (χ0n) is 85.9. The lowest BCUT2D eigenvalue weighted by atomic mass is 9.61. The fraction of sp³-hybridized carbons (Fsp3) is 1.00. The van der Waals surface area contributed by atoms with Crippen LogP contribution in [0.2, 0.25) is 0 Å². The Hall–Kier alpha value is -0.800. The van der Waals surface area contributed by atoms with Crippen LogP contribution in [0.25, 0.3) is 0 Å². The smallest absolute Gasteiger partial charge is 0.0652 e. The molecule has 22 heterocycles. The molecule has 0 N–H and O–H groups in total. The second kappa shape index (κ2) is 48.5. The van der Waals surface area contributed by atoms with Gasteiger partial charge in [-0.05, 0) is 372 Å². The van der Waals surface area contributed by atoms with Crippen molar-refractivity contribution in [3.05, 3.63) is 0 Å². The Morgan fingerprint density at radius 3 is 0.627 bits per heavy atom. The van der Waals surface area contributed by atoms with E-state index >= 15 is 0 Å². The molecule has 0 amide bonds. The Kier molecular flexibility index (Phi) is 39.5. The predicted molar refractivity (Wildman–Crippen MR) is 519 cm³/mol. The van der Waals surface area contributed by atoms with E-state index in [1.54, 1.807) is 0 Å². The van der Waals surface area contributed by atoms with Crippen LogP contribution < -0.4 is 0 Å². The number of nitrogens with zero attached hydrogens (tertiary/aromatic N) is 12. The van der Waals surface area contributed by atoms with Crippen molar-refractivity contribution in [2.45, 2.75) is 367 Å². The van der Waals surface area contributed by atoms with E-state index in [-0.39, 0.29) is 0 Å². The Bertz CT molecular complexity index is 2670. The first-order valence-corrected chi connectivity index (χ1v) is 53.4. The van der Waals surface area contributed by atoms with E-state index in [4.69, 9.17) is 37.9 Å². The second-order valence-corrected chi connectivity index (χ2v) is 46.9. The first-order valence-electron chi connectivity index (χ1n) is 53.4. The molecule has 8 saturated carbocycles. The molecule has 8 aliphatic carbocycles. The van der Waals surface area contributed by atoms with Gasteiger partial charge in [-0.1, -0.05) is 53.4 Å². The average molecular weight is 1770 g/mol. The maximum Gasteiger partial charge on any atom is 0.0652 e. The Balaban J connectivity index is 0.000000118. The minimum atomic E-state index is 0.545. The van der Waals surface area contributed by atoms with Gasteiger partial charge in [0.15, 0.2) is 0 Å². The standard InChI is InChI=1S/2C10H19N.4C9H17NO.2C9H17N.4C8H15NO/c2*1-3-8-6-9-4-5-10(7-8)11(9)2;2*1-10-6-7-3-4-8(10)5-9(7)11-2;2*1-10-7-3-4-8(10)6-9(5-7)11-2;2*1-3-9-7-4-8(9)6-10(2)5-7;2*1-9-5-6-3-7(9)4-8(6)10-2;2*1-9-4-6-3-7(5-9)8(6)10-2/h2*8-10H,3-7H2,1-2H3;4*7-9H,3-6H2,1-2H3;2*7-9H,3-6H2,1-2H3;4*6-8H,3-5H2,1-2H3/t2*8?,9-,10+;7-,8-,9+;7-,8-,9-;4*7-,8+,9?;6-,7-,8+;6-,7-,8-;2*6-,7+,8?/m..01....01../s1. The van der Waals surface area contributed by atoms with Gasteiger partial charge in [0, 0.05) is 208 Å². The molecule has 0 aromatic carbocycles. The molecule has 22 saturated heterocycles. The van der Waals surface area contributed by atoms with Gasteiger partial charge in [-0.25, -0.2) is 0 Å². The van der Waals surface area contributed by atoms with Gasteiger partial charge < -0.3 is 96.7 Å². The van der Waals surface area contributed by atoms with E-state index in [0.29, 0.717) is 48.8 Å². The van der Waals surface area contributed by atoms with Crippen LogP contribution >= 0.6 is 0 Å². The fourth-order valence-corrected chi connectivity index (χ4v) is 31.5. The van der Waals surface area contributed by atoms with Gasteiger partial charge in [-0.3, -0.25) is 0 Å². The van der Waals surface area contributed by atoms with Gasteiger partial charge in [-0.2, -0.15) is 0 Å². The van der Waals surface area contributed by atoms with Crippen molar-refractivity contribution in [1.29, 1.82) is 0 Å². The number of hydrogen-bond acceptors (Lipinski definition) is 20. The van der Waals surface area contributed by atoms with Gasteiger partial charge in [-0.15, -0.1) is 0 Å². The number of piperidine rings is 18. The Labute approximate surface area is 774 Å². The monoisotopic (exact) mass is 1770 g/mol. The molecular weight excluding hydrogens is 1570 g/mol. The maximum absolute atomic E-state index is 5.45. The average Bonchev–Trinajstić information content (AvgIpc) is 1.59. The molecule has 0 spiro atoms. The van der Waals surface area contributed by atoms with E-state index in [1.807, 2.05) is 56.9 Å². The van der Waals surface area contributed by atoms with Crippen molar-refractivity contribution >= 4 is 0 Å². The van der Waals surface area contributed by atoms with Crippen LogP contribution in [0, 0.1) is 94.7 Å². The summed E-state index contributed by atoms with van der Waals surface area (Å²) in [6.45, 7) is 24.8. The number of methoxy groups -OCH3 is 8. The summed E-state index contributed by atoms with van der Waals surface area (Å²) in [4.78, 5) is 30.0. The van der Waals surface area contributed by atoms with Crippen LogP contribution in [-0.2, 0) is 37.9 Å². The molecule has 30 rings (SSSR count). The summed E-state index contributed by atoms with van der Waals surface area (Å²) in [5, 5.41) is 0. The zero-order valence-corrected chi connectivity index (χ0v) is 85.9. The molecule has 0 radical (unpaired) electrons. The molecule has 0 aromatic heterocycles. The Morgan fingerprint density at radius 2 is 0.421 bits per heavy atom. The highest BCUT2D eigenvalue weighted by molar-refractivity contribution is 5.04. The van der Waals surface area contributed by atoms with Crippen molar-refractivity contribution in [1.82, 2.24) is 58.8 Å². The van der Waals surface area contributed by atoms with Crippen LogP contribution in [0.5, 0.6) is 0 Å². The normalized spacial score (nSPS) is 45.7. The third kappa shape index (κ3) is 25.4. The Morgan fingerprint density at radius 1 is 0.190 bits per heavy atom. The number of fused-ring (bicyclic) bond motifs is 26. The van der Waals surface area contributed by atoms with Crippen LogP contribution in [0.3, 0.4) is 0 Å². The van der Waals surface area contributed by atoms with Gasteiger partial charge in [0.05, 0.1) is 48.8 Å². The van der Waals surface area contributed by atoms with Crippen LogP contribution in [0.4, 0.5) is 0 Å². The lowest BCUT2D eigenvalue weighted by molar-refractivity contribution is -0.121. The van der Waals surface area contributed by atoms with E-state index in [0.717, 1.165) is 167 Å². The van der Waals surface area contributed by atoms with E-state index < -0.39 is 0 Å². The molecular formula is C106H200N12O8. The van der Waals surface area contributed by atoms with Crippen LogP contribution in [-0.4, -0.2) is 400 Å². The van der Waals surface area contributed by atoms with Gasteiger partial charge >= 0.3 is 0 Å². The topological polar surface area (TPSA) is 113 Å². The largest absolute Gasteiger partial charge is 0.381 e. The summed E-state index contributed by atoms with van der Waals surface area (Å²) in [7, 11) is 41.7. The minimum absolute atomic E-state index is 0.545. The minimum Gasteiger partial charge on any atom is -0.381 e. The molecule has 20 nitrogen and oxygen atoms in total. The first-order chi connectivity index (χ1) is 60.7. The summed E-state index contributed by atoms with van der Waals surface area (Å²) < 4.78 is 43.2. The van der Waals surface area contributed by atoms with Crippen molar-refractivity contribution < 1.29 is 37.9 Å². The van der Waals surface area contributed by atoms with Gasteiger partial charge in [0.2, 0.25) is 0 Å². The van der Waals surface area contributed by atoms with E-state index in [2.05, 4.69) is 171 Å². The molecule has 24 bridgehead atoms. The quantitative estimate of drug-likeness (QED) is 0.184. The molecule has 0 aromatic rings. The summed E-state index contributed by atoms with van der Waals surface area (Å²) in [5.41, 5.74) is 0. The third-order valence-electron chi connectivity index (χ3n) is 39.7. The van der Waals surface area contributed by atoms with Crippen LogP contribution in [0.1, 0.15) is 246 Å². The summed E-state index contributed by atoms with van der Waals surface area (Å²) in [5.74, 6) is 15.2. The van der Waals surface area contributed by atoms with Crippen molar-refractivity contribution in [3.8, 4) is 0 Å². The molecule has 8 unspecified atom stereocenters. The highest BCUT2D eigenvalue weighted by Gasteiger charge is 2.51. The highest BCUT2D eigenvalue weighted by Crippen LogP contribution is 2.50. The predicted octanol–water partition coefficient (Wildman–Crippen LogP) is 15.1. The molecule has 36 atom stereocenters. The zero-order chi connectivity index (χ0) is 89.9. The number of likely N-dealkylation sites (tertiary alicyclic amines) is 2. The lowest BCUT2D eigenvalue weighted by Gasteiger charge is -2.52. The van der Waals surface area contributed by atoms with Crippen LogP contribution in [0.15, 0.2) is 0 Å². The van der Waals surface area contributed by atoms with Crippen molar-refractivity contribution in [3.63, 3.8) is 0 Å². The SMILES string of the molecule is CCC1C[C@H]2CC[C@@H](C1)N2C.CCC1C[C@H]2CC[C@@H](C1)N2C.CCC1[C@@H]2C[C@H]1CN(C)C2.CCC1[C@@H]2C[C@H]1CN(C)C2.COC1C[C@H]2CC[C@@H](C1)N2C.COC1C[C@H]2CC[C@@H](C1)N2C.COC1[C@@H]2C[C@H]1CN(C)C2.COC1[C@@H]2C[C@H]1CN(C)C2.CO[C@@H]1C[C@@H]2CC[C@H]1CN2C.CO[C@@H]1C[C@@H]2C[C@H]1CN2C.CO[C@@H]1C[C@H]2CC[C@@H]1CN2C.CO[C@@H]1C[C@H]2C[C@@H]1CN2C. The third-order valence-corrected chi connectivity index (χ3v) is 39.7. The van der Waals surface area contributed by atoms with E-state index in [1.165, 1.54) is 297 Å². The fourth-order valence-electron chi connectivity index (χ4n) is 31.5. The highest BCUT2D eigenvalue weighted by atomic mass is 16.5. The van der Waals surface area contributed by atoms with Crippen molar-refractivity contribution in [2.75, 3.05) is 220 Å². The summed E-state index contributed by atoms with van der Waals surface area (Å²) in [6.07, 6.45) is 51.7. The molecule has 20 heteroatoms. The number of rotatable bonds is 12. The molecule has 30 fully saturated rings. The maximum atomic E-state index is 5.45. The lowest BCUT2D eigenvalue weighted by Crippen LogP contribution is -2.57. The van der Waals surface area contributed by atoms with Gasteiger partial charge in [0.1, 0.15) is 0 Å². The number of hydrogen-bond donors (Lipinski definition) is 0.